The van der Waals surface area contributed by atoms with Gasteiger partial charge in [-0.15, -0.1) is 0 Å². The number of hydrogen-bond donors (Lipinski definition) is 0. The van der Waals surface area contributed by atoms with Crippen LogP contribution in [0.25, 0.3) is 165 Å². The van der Waals surface area contributed by atoms with Gasteiger partial charge in [-0.05, 0) is 209 Å². The molecule has 17 aromatic carbocycles. The zero-order chi connectivity index (χ0) is 72.6. The molecule has 0 spiro atoms. The van der Waals surface area contributed by atoms with Crippen LogP contribution in [-0.4, -0.2) is 18.3 Å². The maximum absolute atomic E-state index is 2.41. The molecule has 0 aliphatic carbocycles. The van der Waals surface area contributed by atoms with Gasteiger partial charge in [0, 0.05) is 65.8 Å². The fraction of sp³-hybridized carbons (Fsp3) is 0.0385. The molecule has 4 nitrogen and oxygen atoms in total. The largest absolute Gasteiger partial charge is 0.309 e. The SMILES string of the molecule is Cc1ccc(-n2c3ccccc3c3ccccc32)cc1.Cc1ccc2c(c1)c1ccccc1n2-c1cc(-c2ccccc2)cc(-c2ccccc2)c1.Cc1ccc2c3ccccc3n(-c3cc(-c4ccccc4)cc(-c4ccccc4)c3)c2c1.Cc1ccc2c3ccccc3n(-c3ccc4ccccc4c3)c2c1. The van der Waals surface area contributed by atoms with Crippen LogP contribution in [0.1, 0.15) is 22.3 Å². The summed E-state index contributed by atoms with van der Waals surface area (Å²) in [6.45, 7) is 8.60. The molecule has 0 fully saturated rings. The third-order valence-corrected chi connectivity index (χ3v) is 21.1. The normalized spacial score (nSPS) is 11.3. The molecule has 4 aromatic heterocycles. The highest BCUT2D eigenvalue weighted by Crippen LogP contribution is 2.41. The molecule has 0 unspecified atom stereocenters. The van der Waals surface area contributed by atoms with Gasteiger partial charge in [-0.1, -0.05) is 296 Å². The zero-order valence-electron chi connectivity index (χ0n) is 60.9. The predicted molar refractivity (Wildman–Crippen MR) is 461 cm³/mol. The van der Waals surface area contributed by atoms with Crippen molar-refractivity contribution in [2.75, 3.05) is 0 Å². The van der Waals surface area contributed by atoms with E-state index in [0.717, 1.165) is 0 Å². The summed E-state index contributed by atoms with van der Waals surface area (Å²) in [7, 11) is 0. The summed E-state index contributed by atoms with van der Waals surface area (Å²) in [6, 6.07) is 144. The first-order valence-electron chi connectivity index (χ1n) is 37.3. The summed E-state index contributed by atoms with van der Waals surface area (Å²) in [4.78, 5) is 0. The van der Waals surface area contributed by atoms with Gasteiger partial charge in [-0.25, -0.2) is 0 Å². The summed E-state index contributed by atoms with van der Waals surface area (Å²) < 4.78 is 9.54. The zero-order valence-corrected chi connectivity index (χ0v) is 60.9. The van der Waals surface area contributed by atoms with Crippen molar-refractivity contribution in [1.82, 2.24) is 18.3 Å². The summed E-state index contributed by atoms with van der Waals surface area (Å²) in [5.74, 6) is 0. The van der Waals surface area contributed by atoms with Gasteiger partial charge in [0.25, 0.3) is 0 Å². The highest BCUT2D eigenvalue weighted by atomic mass is 15.0. The van der Waals surface area contributed by atoms with Gasteiger partial charge in [-0.2, -0.15) is 0 Å². The first-order valence-corrected chi connectivity index (χ1v) is 37.3. The Kier molecular flexibility index (Phi) is 17.6. The molecule has 108 heavy (non-hydrogen) atoms. The van der Waals surface area contributed by atoms with Crippen molar-refractivity contribution in [2.45, 2.75) is 27.7 Å². The molecule has 0 bridgehead atoms. The molecular weight excluding hydrogens is 1310 g/mol. The van der Waals surface area contributed by atoms with Crippen LogP contribution in [0.3, 0.4) is 0 Å². The molecule has 4 heterocycles. The van der Waals surface area contributed by atoms with Crippen LogP contribution in [0, 0.1) is 27.7 Å². The van der Waals surface area contributed by atoms with Crippen LogP contribution < -0.4 is 0 Å². The maximum atomic E-state index is 2.41. The quantitative estimate of drug-likeness (QED) is 0.144. The molecule has 514 valence electrons. The molecule has 0 saturated heterocycles. The van der Waals surface area contributed by atoms with Crippen LogP contribution >= 0.6 is 0 Å². The van der Waals surface area contributed by atoms with E-state index in [0.29, 0.717) is 0 Å². The van der Waals surface area contributed by atoms with Crippen molar-refractivity contribution in [3.05, 3.63) is 423 Å². The lowest BCUT2D eigenvalue weighted by atomic mass is 9.98. The summed E-state index contributed by atoms with van der Waals surface area (Å²) in [5, 5.41) is 12.9. The maximum Gasteiger partial charge on any atom is 0.0543 e. The average Bonchev–Trinajstić information content (AvgIpc) is 1.61. The fourth-order valence-corrected chi connectivity index (χ4v) is 16.0. The van der Waals surface area contributed by atoms with E-state index in [1.165, 1.54) is 188 Å². The van der Waals surface area contributed by atoms with E-state index in [4.69, 9.17) is 0 Å². The van der Waals surface area contributed by atoms with Crippen molar-refractivity contribution < 1.29 is 0 Å². The minimum absolute atomic E-state index is 1.18. The van der Waals surface area contributed by atoms with Crippen LogP contribution in [0.2, 0.25) is 0 Å². The van der Waals surface area contributed by atoms with Gasteiger partial charge in [0.1, 0.15) is 0 Å². The number of aryl methyl sites for hydroxylation is 4. The number of aromatic nitrogens is 4. The third-order valence-electron chi connectivity index (χ3n) is 21.1. The Morgan fingerprint density at radius 2 is 0.417 bits per heavy atom. The second kappa shape index (κ2) is 28.7. The van der Waals surface area contributed by atoms with E-state index in [9.17, 15) is 0 Å². The molecule has 0 aliphatic heterocycles. The fourth-order valence-electron chi connectivity index (χ4n) is 16.0. The van der Waals surface area contributed by atoms with Crippen molar-refractivity contribution in [3.63, 3.8) is 0 Å². The van der Waals surface area contributed by atoms with Crippen molar-refractivity contribution in [1.29, 1.82) is 0 Å². The molecule has 4 heteroatoms. The number of rotatable bonds is 8. The number of nitrogens with zero attached hydrogens (tertiary/aromatic N) is 4. The lowest BCUT2D eigenvalue weighted by Crippen LogP contribution is -1.96. The lowest BCUT2D eigenvalue weighted by Gasteiger charge is -2.14. The van der Waals surface area contributed by atoms with E-state index in [2.05, 4.69) is 446 Å². The molecular formula is C104H78N4. The Bertz CT molecular complexity index is 6700. The van der Waals surface area contributed by atoms with Gasteiger partial charge in [-0.3, -0.25) is 0 Å². The molecule has 0 atom stereocenters. The number of para-hydroxylation sites is 5. The third kappa shape index (κ3) is 12.7. The standard InChI is InChI=1S/2C31H23N.C23H17N.C19H15N/c1-22-16-17-31-29(18-22)28-14-8-9-15-30(28)32(31)27-20-25(23-10-4-2-5-11-23)19-26(21-27)24-12-6-3-7-13-24;1-22-16-17-29-28-14-8-9-15-30(28)32(31(29)18-22)27-20-25(23-10-4-2-5-11-23)19-26(21-27)24-12-6-3-7-13-24;1-16-10-13-21-20-8-4-5-9-22(20)24(23(21)14-16)19-12-11-17-6-2-3-7-18(17)15-19;1-14-10-12-15(13-11-14)20-18-8-4-2-6-16(18)17-7-3-5-9-19(17)20/h2*2-21H,1H3;2-15H,1H3;2-13H,1H3. The summed E-state index contributed by atoms with van der Waals surface area (Å²) in [5.41, 5.74) is 29.7. The highest BCUT2D eigenvalue weighted by molar-refractivity contribution is 6.13. The van der Waals surface area contributed by atoms with E-state index >= 15 is 0 Å². The van der Waals surface area contributed by atoms with Gasteiger partial charge >= 0.3 is 0 Å². The molecule has 0 saturated carbocycles. The molecule has 0 N–H and O–H groups in total. The second-order valence-electron chi connectivity index (χ2n) is 28.4. The summed E-state index contributed by atoms with van der Waals surface area (Å²) >= 11 is 0. The monoisotopic (exact) mass is 1380 g/mol. The molecule has 21 rings (SSSR count). The highest BCUT2D eigenvalue weighted by Gasteiger charge is 2.19. The smallest absolute Gasteiger partial charge is 0.0543 e. The first-order chi connectivity index (χ1) is 53.2. The Labute approximate surface area is 629 Å². The van der Waals surface area contributed by atoms with E-state index < -0.39 is 0 Å². The number of benzene rings is 17. The average molecular weight is 1380 g/mol. The molecule has 21 aromatic rings. The van der Waals surface area contributed by atoms with Crippen LogP contribution in [0.5, 0.6) is 0 Å². The predicted octanol–water partition coefficient (Wildman–Crippen LogP) is 28.2. The van der Waals surface area contributed by atoms with Crippen LogP contribution in [0.4, 0.5) is 0 Å². The Hall–Kier alpha value is -13.8. The summed E-state index contributed by atoms with van der Waals surface area (Å²) in [6.07, 6.45) is 0. The van der Waals surface area contributed by atoms with Crippen LogP contribution in [0.15, 0.2) is 400 Å². The van der Waals surface area contributed by atoms with E-state index in [1.54, 1.807) is 0 Å². The molecule has 0 aliphatic rings. The minimum atomic E-state index is 1.18. The molecule has 0 radical (unpaired) electrons. The van der Waals surface area contributed by atoms with Crippen molar-refractivity contribution >= 4 is 98.0 Å². The second-order valence-corrected chi connectivity index (χ2v) is 28.4. The van der Waals surface area contributed by atoms with Crippen molar-refractivity contribution in [2.24, 2.45) is 0 Å². The Balaban J connectivity index is 0.000000103. The van der Waals surface area contributed by atoms with Gasteiger partial charge in [0.15, 0.2) is 0 Å². The van der Waals surface area contributed by atoms with Gasteiger partial charge in [0.2, 0.25) is 0 Å². The Morgan fingerprint density at radius 3 is 0.824 bits per heavy atom. The van der Waals surface area contributed by atoms with Gasteiger partial charge < -0.3 is 18.3 Å². The lowest BCUT2D eigenvalue weighted by molar-refractivity contribution is 1.17. The van der Waals surface area contributed by atoms with Crippen LogP contribution in [-0.2, 0) is 0 Å². The number of fused-ring (bicyclic) bond motifs is 13. The van der Waals surface area contributed by atoms with E-state index in [-0.39, 0.29) is 0 Å². The van der Waals surface area contributed by atoms with Gasteiger partial charge in [0.05, 0.1) is 44.1 Å². The van der Waals surface area contributed by atoms with Crippen molar-refractivity contribution in [3.8, 4) is 67.3 Å². The molecule has 0 amide bonds. The Morgan fingerprint density at radius 1 is 0.139 bits per heavy atom. The first kappa shape index (κ1) is 66.2. The van der Waals surface area contributed by atoms with E-state index in [1.807, 2.05) is 0 Å². The minimum Gasteiger partial charge on any atom is -0.309 e. The number of hydrogen-bond acceptors (Lipinski definition) is 0. The topological polar surface area (TPSA) is 19.7 Å².